The summed E-state index contributed by atoms with van der Waals surface area (Å²) in [4.78, 5) is 10.8. The quantitative estimate of drug-likeness (QED) is 0.703. The van der Waals surface area contributed by atoms with Gasteiger partial charge in [-0.3, -0.25) is 4.57 Å². The number of hydrogen-bond donors (Lipinski definition) is 0. The van der Waals surface area contributed by atoms with Crippen molar-refractivity contribution in [2.24, 2.45) is 0 Å². The van der Waals surface area contributed by atoms with E-state index in [9.17, 15) is 0 Å². The van der Waals surface area contributed by atoms with E-state index in [-0.39, 0.29) is 5.41 Å². The molecule has 0 saturated carbocycles. The highest BCUT2D eigenvalue weighted by molar-refractivity contribution is 7.99. The van der Waals surface area contributed by atoms with E-state index < -0.39 is 0 Å². The first kappa shape index (κ1) is 16.1. The number of hydrogen-bond acceptors (Lipinski definition) is 6. The van der Waals surface area contributed by atoms with Crippen LogP contribution in [0.4, 0.5) is 5.95 Å². The minimum absolute atomic E-state index is 0.139. The summed E-state index contributed by atoms with van der Waals surface area (Å²) in [7, 11) is 0. The van der Waals surface area contributed by atoms with Crippen molar-refractivity contribution in [2.45, 2.75) is 38.0 Å². The van der Waals surface area contributed by atoms with Gasteiger partial charge in [0.25, 0.3) is 0 Å². The number of aromatic nitrogens is 5. The molecule has 3 heterocycles. The monoisotopic (exact) mass is 352 g/mol. The lowest BCUT2D eigenvalue weighted by atomic mass is 9.87. The van der Waals surface area contributed by atoms with E-state index in [1.807, 2.05) is 6.07 Å². The van der Waals surface area contributed by atoms with Gasteiger partial charge in [0.05, 0.1) is 5.88 Å². The van der Waals surface area contributed by atoms with Crippen LogP contribution in [0.5, 0.6) is 0 Å². The maximum atomic E-state index is 4.41. The molecule has 128 valence electrons. The second-order valence-electron chi connectivity index (χ2n) is 7.07. The van der Waals surface area contributed by atoms with Crippen molar-refractivity contribution in [3.05, 3.63) is 48.3 Å². The molecule has 3 aromatic rings. The summed E-state index contributed by atoms with van der Waals surface area (Å²) < 4.78 is 2.12. The summed E-state index contributed by atoms with van der Waals surface area (Å²) in [6, 6.07) is 10.4. The Hall–Kier alpha value is -2.41. The molecule has 0 saturated heterocycles. The fraction of sp³-hybridized carbons (Fsp3) is 0.333. The standard InChI is InChI=1S/C18H20N6S/c1-18(2,3)14-7-5-13(6-8-14)15-21-22-17-24(15)11-23(12-25-17)16-19-9-4-10-20-16/h4-10H,11-12H2,1-3H3. The van der Waals surface area contributed by atoms with Crippen LogP contribution in [0.2, 0.25) is 0 Å². The lowest BCUT2D eigenvalue weighted by molar-refractivity contribution is 0.589. The molecular weight excluding hydrogens is 332 g/mol. The number of nitrogens with zero attached hydrogens (tertiary/aromatic N) is 6. The van der Waals surface area contributed by atoms with Crippen LogP contribution in [-0.4, -0.2) is 30.6 Å². The Bertz CT molecular complexity index is 867. The van der Waals surface area contributed by atoms with E-state index in [0.717, 1.165) is 28.4 Å². The van der Waals surface area contributed by atoms with Crippen LogP contribution < -0.4 is 4.90 Å². The van der Waals surface area contributed by atoms with Crippen LogP contribution in [0.3, 0.4) is 0 Å². The zero-order chi connectivity index (χ0) is 17.4. The molecule has 0 atom stereocenters. The zero-order valence-corrected chi connectivity index (χ0v) is 15.4. The number of rotatable bonds is 2. The molecule has 0 bridgehead atoms. The minimum Gasteiger partial charge on any atom is -0.313 e. The van der Waals surface area contributed by atoms with E-state index >= 15 is 0 Å². The average Bonchev–Trinajstić information content (AvgIpc) is 3.05. The Kier molecular flexibility index (Phi) is 3.95. The summed E-state index contributed by atoms with van der Waals surface area (Å²) >= 11 is 1.65. The van der Waals surface area contributed by atoms with E-state index in [0.29, 0.717) is 6.67 Å². The van der Waals surface area contributed by atoms with Crippen LogP contribution in [0, 0.1) is 0 Å². The second-order valence-corrected chi connectivity index (χ2v) is 7.98. The Morgan fingerprint density at radius 2 is 1.72 bits per heavy atom. The molecule has 0 N–H and O–H groups in total. The smallest absolute Gasteiger partial charge is 0.227 e. The van der Waals surface area contributed by atoms with Crippen LogP contribution in [0.15, 0.2) is 47.9 Å². The van der Waals surface area contributed by atoms with E-state index in [4.69, 9.17) is 0 Å². The molecular formula is C18H20N6S. The maximum Gasteiger partial charge on any atom is 0.227 e. The van der Waals surface area contributed by atoms with Gasteiger partial charge in [0, 0.05) is 18.0 Å². The topological polar surface area (TPSA) is 59.7 Å². The van der Waals surface area contributed by atoms with E-state index in [2.05, 4.69) is 74.7 Å². The molecule has 0 radical (unpaired) electrons. The lowest BCUT2D eigenvalue weighted by Crippen LogP contribution is -2.31. The predicted molar refractivity (Wildman–Crippen MR) is 99.4 cm³/mol. The van der Waals surface area contributed by atoms with Gasteiger partial charge in [-0.15, -0.1) is 10.2 Å². The van der Waals surface area contributed by atoms with Gasteiger partial charge in [-0.05, 0) is 17.0 Å². The SMILES string of the molecule is CC(C)(C)c1ccc(-c2nnc3n2CN(c2ncccn2)CS3)cc1. The number of fused-ring (bicyclic) bond motifs is 1. The van der Waals surface area contributed by atoms with Gasteiger partial charge >= 0.3 is 0 Å². The van der Waals surface area contributed by atoms with Gasteiger partial charge in [-0.1, -0.05) is 56.8 Å². The largest absolute Gasteiger partial charge is 0.313 e. The first-order valence-corrected chi connectivity index (χ1v) is 9.20. The third-order valence-electron chi connectivity index (χ3n) is 4.22. The third kappa shape index (κ3) is 3.11. The van der Waals surface area contributed by atoms with Crippen molar-refractivity contribution >= 4 is 17.7 Å². The Balaban J connectivity index is 1.65. The second kappa shape index (κ2) is 6.15. The van der Waals surface area contributed by atoms with E-state index in [1.54, 1.807) is 24.2 Å². The molecule has 4 rings (SSSR count). The third-order valence-corrected chi connectivity index (χ3v) is 5.22. The minimum atomic E-state index is 0.139. The Morgan fingerprint density at radius 3 is 2.40 bits per heavy atom. The molecule has 6 nitrogen and oxygen atoms in total. The molecule has 0 fully saturated rings. The van der Waals surface area contributed by atoms with Crippen molar-refractivity contribution in [3.63, 3.8) is 0 Å². The highest BCUT2D eigenvalue weighted by Crippen LogP contribution is 2.31. The molecule has 0 spiro atoms. The average molecular weight is 352 g/mol. The molecule has 1 aliphatic rings. The van der Waals surface area contributed by atoms with Gasteiger partial charge in [-0.25, -0.2) is 9.97 Å². The lowest BCUT2D eigenvalue weighted by Gasteiger charge is -2.27. The number of thioether (sulfide) groups is 1. The number of benzene rings is 1. The van der Waals surface area contributed by atoms with Crippen LogP contribution >= 0.6 is 11.8 Å². The Labute approximate surface area is 151 Å². The van der Waals surface area contributed by atoms with Gasteiger partial charge in [0.1, 0.15) is 6.67 Å². The predicted octanol–water partition coefficient (Wildman–Crippen LogP) is 3.56. The maximum absolute atomic E-state index is 4.41. The molecule has 0 aliphatic carbocycles. The highest BCUT2D eigenvalue weighted by Gasteiger charge is 2.24. The highest BCUT2D eigenvalue weighted by atomic mass is 32.2. The number of anilines is 1. The van der Waals surface area contributed by atoms with Crippen LogP contribution in [0.1, 0.15) is 26.3 Å². The molecule has 0 unspecified atom stereocenters. The van der Waals surface area contributed by atoms with Crippen molar-refractivity contribution in [1.82, 2.24) is 24.7 Å². The zero-order valence-electron chi connectivity index (χ0n) is 14.5. The Morgan fingerprint density at radius 1 is 1.00 bits per heavy atom. The van der Waals surface area contributed by atoms with Crippen molar-refractivity contribution in [3.8, 4) is 11.4 Å². The summed E-state index contributed by atoms with van der Waals surface area (Å²) in [5.74, 6) is 2.37. The van der Waals surface area contributed by atoms with Crippen molar-refractivity contribution < 1.29 is 0 Å². The molecule has 25 heavy (non-hydrogen) atoms. The molecule has 7 heteroatoms. The fourth-order valence-corrected chi connectivity index (χ4v) is 3.65. The summed E-state index contributed by atoms with van der Waals surface area (Å²) in [6.45, 7) is 7.30. The summed E-state index contributed by atoms with van der Waals surface area (Å²) in [6.07, 6.45) is 3.53. The van der Waals surface area contributed by atoms with Gasteiger partial charge in [0.15, 0.2) is 11.0 Å². The van der Waals surface area contributed by atoms with Crippen molar-refractivity contribution in [2.75, 3.05) is 10.8 Å². The van der Waals surface area contributed by atoms with Crippen molar-refractivity contribution in [1.29, 1.82) is 0 Å². The van der Waals surface area contributed by atoms with Gasteiger partial charge in [0.2, 0.25) is 5.95 Å². The molecule has 1 aromatic carbocycles. The molecule has 2 aromatic heterocycles. The van der Waals surface area contributed by atoms with Gasteiger partial charge < -0.3 is 4.90 Å². The molecule has 0 amide bonds. The first-order valence-electron chi connectivity index (χ1n) is 8.21. The van der Waals surface area contributed by atoms with Crippen LogP contribution in [-0.2, 0) is 12.1 Å². The van der Waals surface area contributed by atoms with Crippen LogP contribution in [0.25, 0.3) is 11.4 Å². The first-order chi connectivity index (χ1) is 12.0. The molecule has 1 aliphatic heterocycles. The fourth-order valence-electron chi connectivity index (χ4n) is 2.78. The summed E-state index contributed by atoms with van der Waals surface area (Å²) in [5.41, 5.74) is 2.52. The normalized spacial score (nSPS) is 14.4. The van der Waals surface area contributed by atoms with Gasteiger partial charge in [-0.2, -0.15) is 0 Å². The van der Waals surface area contributed by atoms with E-state index in [1.165, 1.54) is 5.56 Å². The summed E-state index contributed by atoms with van der Waals surface area (Å²) in [5, 5.41) is 9.69.